The van der Waals surface area contributed by atoms with Crippen molar-refractivity contribution in [3.05, 3.63) is 63.5 Å². The van der Waals surface area contributed by atoms with E-state index in [2.05, 4.69) is 43.9 Å². The molecule has 0 saturated carbocycles. The van der Waals surface area contributed by atoms with E-state index < -0.39 is 0 Å². The summed E-state index contributed by atoms with van der Waals surface area (Å²) in [5, 5.41) is 3.39. The predicted molar refractivity (Wildman–Crippen MR) is 107 cm³/mol. The van der Waals surface area contributed by atoms with Gasteiger partial charge in [-0.1, -0.05) is 18.2 Å². The monoisotopic (exact) mass is 451 g/mol. The molecule has 4 nitrogen and oxygen atoms in total. The Morgan fingerprint density at radius 3 is 2.83 bits per heavy atom. The average Bonchev–Trinajstić information content (AvgIpc) is 2.62. The van der Waals surface area contributed by atoms with Gasteiger partial charge in [0, 0.05) is 22.5 Å². The molecule has 2 aromatic rings. The number of benzene rings is 1. The number of carbonyl (C=O) groups is 1. The summed E-state index contributed by atoms with van der Waals surface area (Å²) in [5.74, 6) is -0.152. The van der Waals surface area contributed by atoms with Gasteiger partial charge in [-0.2, -0.15) is 0 Å². The number of halogens is 1. The zero-order valence-corrected chi connectivity index (χ0v) is 16.1. The number of hydrogen-bond donors (Lipinski definition) is 1. The number of carbonyl (C=O) groups excluding carboxylic acids is 1. The van der Waals surface area contributed by atoms with E-state index in [1.807, 2.05) is 36.5 Å². The highest BCUT2D eigenvalue weighted by Gasteiger charge is 2.27. The van der Waals surface area contributed by atoms with Gasteiger partial charge in [-0.3, -0.25) is 15.1 Å². The Morgan fingerprint density at radius 2 is 2.08 bits per heavy atom. The van der Waals surface area contributed by atoms with Crippen molar-refractivity contribution in [2.45, 2.75) is 25.3 Å². The number of nitrogens with one attached hydrogen (secondary N) is 1. The number of pyridine rings is 1. The van der Waals surface area contributed by atoms with E-state index in [0.717, 1.165) is 34.9 Å². The van der Waals surface area contributed by atoms with Crippen LogP contribution in [-0.4, -0.2) is 27.4 Å². The molecule has 1 aliphatic rings. The van der Waals surface area contributed by atoms with Crippen molar-refractivity contribution in [2.24, 2.45) is 0 Å². The van der Waals surface area contributed by atoms with Gasteiger partial charge in [0.1, 0.15) is 0 Å². The Hall–Kier alpha value is -1.54. The Labute approximate surface area is 160 Å². The zero-order valence-electron chi connectivity index (χ0n) is 13.1. The highest BCUT2D eigenvalue weighted by molar-refractivity contribution is 14.1. The number of piperidine rings is 1. The molecular weight excluding hydrogens is 433 g/mol. The molecule has 1 aromatic carbocycles. The number of rotatable bonds is 2. The Morgan fingerprint density at radius 1 is 1.25 bits per heavy atom. The van der Waals surface area contributed by atoms with Gasteiger partial charge >= 0.3 is 0 Å². The average molecular weight is 451 g/mol. The van der Waals surface area contributed by atoms with Crippen LogP contribution in [0.1, 0.15) is 41.2 Å². The number of hydrogen-bond acceptors (Lipinski definition) is 3. The molecule has 1 unspecified atom stereocenters. The van der Waals surface area contributed by atoms with E-state index in [1.165, 1.54) is 0 Å². The molecule has 24 heavy (non-hydrogen) atoms. The van der Waals surface area contributed by atoms with Crippen molar-refractivity contribution in [1.82, 2.24) is 15.2 Å². The molecule has 0 spiro atoms. The molecule has 1 amide bonds. The molecule has 0 radical (unpaired) electrons. The summed E-state index contributed by atoms with van der Waals surface area (Å²) >= 11 is 7.71. The van der Waals surface area contributed by atoms with Gasteiger partial charge in [0.2, 0.25) is 0 Å². The summed E-state index contributed by atoms with van der Waals surface area (Å²) in [6.45, 7) is 0.852. The Kier molecular flexibility index (Phi) is 5.78. The van der Waals surface area contributed by atoms with Gasteiger partial charge in [-0.25, -0.2) is 0 Å². The SMILES string of the molecule is O=C(NC(=S)N1CCCCC1c1cccnc1)c1ccccc1I. The van der Waals surface area contributed by atoms with E-state index in [0.29, 0.717) is 10.7 Å². The van der Waals surface area contributed by atoms with Crippen molar-refractivity contribution in [1.29, 1.82) is 0 Å². The van der Waals surface area contributed by atoms with Crippen LogP contribution in [-0.2, 0) is 0 Å². The molecule has 6 heteroatoms. The van der Waals surface area contributed by atoms with Gasteiger partial charge in [0.15, 0.2) is 5.11 Å². The zero-order chi connectivity index (χ0) is 16.9. The number of thiocarbonyl (C=S) groups is 1. The summed E-state index contributed by atoms with van der Waals surface area (Å²) in [7, 11) is 0. The lowest BCUT2D eigenvalue weighted by Crippen LogP contribution is -2.46. The number of aromatic nitrogens is 1. The number of amides is 1. The fourth-order valence-corrected chi connectivity index (χ4v) is 3.92. The third-order valence-corrected chi connectivity index (χ3v) is 5.45. The maximum atomic E-state index is 12.5. The number of likely N-dealkylation sites (tertiary alicyclic amines) is 1. The summed E-state index contributed by atoms with van der Waals surface area (Å²) in [5.41, 5.74) is 1.79. The minimum absolute atomic E-state index is 0.152. The van der Waals surface area contributed by atoms with Crippen LogP contribution in [0.4, 0.5) is 0 Å². The van der Waals surface area contributed by atoms with Crippen LogP contribution in [0, 0.1) is 3.57 Å². The van der Waals surface area contributed by atoms with E-state index in [-0.39, 0.29) is 11.9 Å². The second kappa shape index (κ2) is 8.02. The first-order valence-electron chi connectivity index (χ1n) is 7.93. The second-order valence-corrected chi connectivity index (χ2v) is 7.28. The lowest BCUT2D eigenvalue weighted by Gasteiger charge is -2.37. The summed E-state index contributed by atoms with van der Waals surface area (Å²) in [6, 6.07) is 11.7. The van der Waals surface area contributed by atoms with E-state index in [4.69, 9.17) is 12.2 Å². The number of nitrogens with zero attached hydrogens (tertiary/aromatic N) is 2. The fourth-order valence-electron chi connectivity index (χ4n) is 2.98. The van der Waals surface area contributed by atoms with Crippen LogP contribution in [0.25, 0.3) is 0 Å². The molecule has 3 rings (SSSR count). The third kappa shape index (κ3) is 3.92. The molecule has 1 saturated heterocycles. The molecule has 1 aliphatic heterocycles. The normalized spacial score (nSPS) is 17.4. The van der Waals surface area contributed by atoms with E-state index in [9.17, 15) is 4.79 Å². The molecule has 1 N–H and O–H groups in total. The van der Waals surface area contributed by atoms with Crippen molar-refractivity contribution in [3.63, 3.8) is 0 Å². The minimum atomic E-state index is -0.152. The van der Waals surface area contributed by atoms with Crippen LogP contribution in [0.5, 0.6) is 0 Å². The first-order valence-corrected chi connectivity index (χ1v) is 9.42. The van der Waals surface area contributed by atoms with Gasteiger partial charge in [-0.15, -0.1) is 0 Å². The molecule has 1 aromatic heterocycles. The second-order valence-electron chi connectivity index (χ2n) is 5.73. The standard InChI is InChI=1S/C18H18IN3OS/c19-15-8-2-1-7-14(15)17(23)21-18(24)22-11-4-3-9-16(22)13-6-5-10-20-12-13/h1-2,5-8,10,12,16H,3-4,9,11H2,(H,21,23,24). The Bertz CT molecular complexity index is 738. The lowest BCUT2D eigenvalue weighted by atomic mass is 9.97. The van der Waals surface area contributed by atoms with Crippen molar-refractivity contribution in [3.8, 4) is 0 Å². The van der Waals surface area contributed by atoms with Crippen molar-refractivity contribution < 1.29 is 4.79 Å². The Balaban J connectivity index is 1.75. The van der Waals surface area contributed by atoms with Crippen molar-refractivity contribution in [2.75, 3.05) is 6.54 Å². The summed E-state index contributed by atoms with van der Waals surface area (Å²) in [6.07, 6.45) is 6.91. The van der Waals surface area contributed by atoms with Crippen LogP contribution in [0.2, 0.25) is 0 Å². The highest BCUT2D eigenvalue weighted by atomic mass is 127. The molecule has 1 atom stereocenters. The summed E-state index contributed by atoms with van der Waals surface area (Å²) in [4.78, 5) is 18.8. The van der Waals surface area contributed by atoms with Gasteiger partial charge < -0.3 is 4.90 Å². The van der Waals surface area contributed by atoms with Crippen molar-refractivity contribution >= 4 is 45.8 Å². The first kappa shape index (κ1) is 17.3. The minimum Gasteiger partial charge on any atom is -0.342 e. The smallest absolute Gasteiger partial charge is 0.258 e. The largest absolute Gasteiger partial charge is 0.342 e. The summed E-state index contributed by atoms with van der Waals surface area (Å²) < 4.78 is 0.915. The highest BCUT2D eigenvalue weighted by Crippen LogP contribution is 2.30. The third-order valence-electron chi connectivity index (χ3n) is 4.17. The van der Waals surface area contributed by atoms with E-state index >= 15 is 0 Å². The first-order chi connectivity index (χ1) is 11.7. The maximum Gasteiger partial charge on any atom is 0.258 e. The molecule has 1 fully saturated rings. The molecule has 0 bridgehead atoms. The molecule has 2 heterocycles. The maximum absolute atomic E-state index is 12.5. The van der Waals surface area contributed by atoms with Crippen LogP contribution < -0.4 is 5.32 Å². The lowest BCUT2D eigenvalue weighted by molar-refractivity contribution is 0.0968. The molecule has 124 valence electrons. The molecular formula is C18H18IN3OS. The van der Waals surface area contributed by atoms with Gasteiger partial charge in [0.05, 0.1) is 11.6 Å². The van der Waals surface area contributed by atoms with Crippen LogP contribution in [0.15, 0.2) is 48.8 Å². The topological polar surface area (TPSA) is 45.2 Å². The van der Waals surface area contributed by atoms with E-state index in [1.54, 1.807) is 6.20 Å². The molecule has 0 aliphatic carbocycles. The predicted octanol–water partition coefficient (Wildman–Crippen LogP) is 3.93. The quantitative estimate of drug-likeness (QED) is 0.556. The van der Waals surface area contributed by atoms with Gasteiger partial charge in [0.25, 0.3) is 5.91 Å². The van der Waals surface area contributed by atoms with Gasteiger partial charge in [-0.05, 0) is 77.8 Å². The fraction of sp³-hybridized carbons (Fsp3) is 0.278. The van der Waals surface area contributed by atoms with Crippen LogP contribution >= 0.6 is 34.8 Å². The van der Waals surface area contributed by atoms with Crippen LogP contribution in [0.3, 0.4) is 0 Å².